The maximum absolute atomic E-state index is 11.7. The second-order valence-corrected chi connectivity index (χ2v) is 5.15. The van der Waals surface area contributed by atoms with E-state index in [0.717, 1.165) is 5.33 Å². The molecule has 0 bridgehead atoms. The molecule has 1 saturated heterocycles. The van der Waals surface area contributed by atoms with Crippen LogP contribution in [-0.2, 0) is 4.79 Å². The fourth-order valence-corrected chi connectivity index (χ4v) is 2.34. The van der Waals surface area contributed by atoms with Gasteiger partial charge in [-0.15, -0.1) is 0 Å². The van der Waals surface area contributed by atoms with Crippen molar-refractivity contribution in [2.75, 3.05) is 16.8 Å². The fourth-order valence-electron chi connectivity index (χ4n) is 1.66. The van der Waals surface area contributed by atoms with E-state index in [1.807, 2.05) is 0 Å². The molecule has 0 spiro atoms. The molecule has 2 rings (SSSR count). The van der Waals surface area contributed by atoms with Crippen LogP contribution in [0.3, 0.4) is 0 Å². The largest absolute Gasteiger partial charge is 0.296 e. The van der Waals surface area contributed by atoms with E-state index in [4.69, 9.17) is 23.2 Å². The first kappa shape index (κ1) is 12.1. The highest BCUT2D eigenvalue weighted by Crippen LogP contribution is 2.29. The number of hydrogen-bond acceptors (Lipinski definition) is 2. The van der Waals surface area contributed by atoms with Crippen LogP contribution in [0, 0.1) is 5.92 Å². The van der Waals surface area contributed by atoms with Gasteiger partial charge in [-0.05, 0) is 5.92 Å². The van der Waals surface area contributed by atoms with Crippen molar-refractivity contribution in [1.29, 1.82) is 0 Å². The summed E-state index contributed by atoms with van der Waals surface area (Å²) in [5, 5.41) is 1.63. The summed E-state index contributed by atoms with van der Waals surface area (Å²) in [6.45, 7) is 0.676. The van der Waals surface area contributed by atoms with Crippen LogP contribution in [0.4, 0.5) is 5.82 Å². The van der Waals surface area contributed by atoms with Crippen LogP contribution in [0.25, 0.3) is 0 Å². The quantitative estimate of drug-likeness (QED) is 0.783. The number of carbonyl (C=O) groups excluding carboxylic acids is 1. The highest BCUT2D eigenvalue weighted by molar-refractivity contribution is 9.09. The Labute approximate surface area is 112 Å². The van der Waals surface area contributed by atoms with Gasteiger partial charge in [-0.2, -0.15) is 0 Å². The number of amides is 1. The van der Waals surface area contributed by atoms with Crippen molar-refractivity contribution in [3.63, 3.8) is 0 Å². The molecular formula is C10H9BrCl2N2O. The van der Waals surface area contributed by atoms with Crippen molar-refractivity contribution in [2.24, 2.45) is 5.92 Å². The Bertz CT molecular complexity index is 427. The Hall–Kier alpha value is -0.320. The number of nitrogens with zero attached hydrogens (tertiary/aromatic N) is 2. The van der Waals surface area contributed by atoms with E-state index in [2.05, 4.69) is 20.9 Å². The predicted octanol–water partition coefficient (Wildman–Crippen LogP) is 3.14. The average molecular weight is 324 g/mol. The first-order valence-corrected chi connectivity index (χ1v) is 6.67. The maximum atomic E-state index is 11.7. The van der Waals surface area contributed by atoms with Gasteiger partial charge in [0.25, 0.3) is 0 Å². The van der Waals surface area contributed by atoms with E-state index in [1.54, 1.807) is 11.0 Å². The van der Waals surface area contributed by atoms with Crippen LogP contribution < -0.4 is 4.90 Å². The fraction of sp³-hybridized carbons (Fsp3) is 0.400. The Kier molecular flexibility index (Phi) is 3.72. The van der Waals surface area contributed by atoms with E-state index in [0.29, 0.717) is 34.7 Å². The van der Waals surface area contributed by atoms with E-state index in [1.165, 1.54) is 6.20 Å². The lowest BCUT2D eigenvalue weighted by atomic mass is 10.2. The lowest BCUT2D eigenvalue weighted by molar-refractivity contribution is -0.117. The number of hydrogen-bond donors (Lipinski definition) is 0. The Morgan fingerprint density at radius 2 is 2.25 bits per heavy atom. The summed E-state index contributed by atoms with van der Waals surface area (Å²) in [6.07, 6.45) is 2.02. The summed E-state index contributed by atoms with van der Waals surface area (Å²) < 4.78 is 0. The second kappa shape index (κ2) is 4.90. The molecule has 1 aliphatic rings. The first-order chi connectivity index (χ1) is 7.61. The zero-order valence-electron chi connectivity index (χ0n) is 8.29. The van der Waals surface area contributed by atoms with Crippen molar-refractivity contribution in [3.05, 3.63) is 22.3 Å². The Balaban J connectivity index is 2.24. The van der Waals surface area contributed by atoms with Crippen molar-refractivity contribution in [2.45, 2.75) is 6.42 Å². The highest BCUT2D eigenvalue weighted by atomic mass is 79.9. The molecule has 1 fully saturated rings. The van der Waals surface area contributed by atoms with Gasteiger partial charge in [0, 0.05) is 30.6 Å². The van der Waals surface area contributed by atoms with Gasteiger partial charge >= 0.3 is 0 Å². The highest BCUT2D eigenvalue weighted by Gasteiger charge is 2.30. The van der Waals surface area contributed by atoms with Gasteiger partial charge in [-0.3, -0.25) is 9.69 Å². The number of halogens is 3. The average Bonchev–Trinajstić information content (AvgIpc) is 2.64. The molecule has 0 aromatic carbocycles. The number of rotatable bonds is 2. The standard InChI is InChI=1S/C10H9BrCl2N2O/c11-3-6-1-10(16)15(5-6)9-2-7(12)8(13)4-14-9/h2,4,6H,1,3,5H2. The molecule has 1 unspecified atom stereocenters. The predicted molar refractivity (Wildman–Crippen MR) is 68.5 cm³/mol. The molecule has 16 heavy (non-hydrogen) atoms. The third kappa shape index (κ3) is 2.34. The summed E-state index contributed by atoms with van der Waals surface area (Å²) in [4.78, 5) is 17.5. The lowest BCUT2D eigenvalue weighted by Gasteiger charge is -2.15. The molecular weight excluding hydrogens is 315 g/mol. The monoisotopic (exact) mass is 322 g/mol. The topological polar surface area (TPSA) is 33.2 Å². The molecule has 86 valence electrons. The summed E-state index contributed by atoms with van der Waals surface area (Å²) >= 11 is 15.0. The van der Waals surface area contributed by atoms with Gasteiger partial charge < -0.3 is 0 Å². The van der Waals surface area contributed by atoms with Crippen molar-refractivity contribution in [1.82, 2.24) is 4.98 Å². The number of alkyl halides is 1. The molecule has 0 saturated carbocycles. The number of aromatic nitrogens is 1. The second-order valence-electron chi connectivity index (χ2n) is 3.69. The smallest absolute Gasteiger partial charge is 0.228 e. The zero-order chi connectivity index (χ0) is 11.7. The number of carbonyl (C=O) groups is 1. The van der Waals surface area contributed by atoms with Crippen LogP contribution in [-0.4, -0.2) is 22.8 Å². The third-order valence-electron chi connectivity index (χ3n) is 2.49. The van der Waals surface area contributed by atoms with Gasteiger partial charge in [-0.25, -0.2) is 4.98 Å². The molecule has 2 heterocycles. The first-order valence-electron chi connectivity index (χ1n) is 4.79. The van der Waals surface area contributed by atoms with Crippen molar-refractivity contribution >= 4 is 50.9 Å². The van der Waals surface area contributed by atoms with Gasteiger partial charge in [-0.1, -0.05) is 39.1 Å². The van der Waals surface area contributed by atoms with E-state index < -0.39 is 0 Å². The number of pyridine rings is 1. The van der Waals surface area contributed by atoms with E-state index in [9.17, 15) is 4.79 Å². The summed E-state index contributed by atoms with van der Waals surface area (Å²) in [5.41, 5.74) is 0. The minimum Gasteiger partial charge on any atom is -0.296 e. The Morgan fingerprint density at radius 1 is 1.50 bits per heavy atom. The zero-order valence-corrected chi connectivity index (χ0v) is 11.4. The van der Waals surface area contributed by atoms with Crippen molar-refractivity contribution in [3.8, 4) is 0 Å². The van der Waals surface area contributed by atoms with Crippen LogP contribution >= 0.6 is 39.1 Å². The molecule has 0 aliphatic carbocycles. The van der Waals surface area contributed by atoms with Crippen LogP contribution in [0.1, 0.15) is 6.42 Å². The maximum Gasteiger partial charge on any atom is 0.228 e. The molecule has 6 heteroatoms. The molecule has 1 aromatic rings. The summed E-state index contributed by atoms with van der Waals surface area (Å²) in [7, 11) is 0. The minimum atomic E-state index is 0.0790. The SMILES string of the molecule is O=C1CC(CBr)CN1c1cc(Cl)c(Cl)cn1. The molecule has 3 nitrogen and oxygen atoms in total. The number of anilines is 1. The molecule has 1 aliphatic heterocycles. The lowest BCUT2D eigenvalue weighted by Crippen LogP contribution is -2.25. The minimum absolute atomic E-state index is 0.0790. The normalized spacial score (nSPS) is 20.6. The van der Waals surface area contributed by atoms with Gasteiger partial charge in [0.15, 0.2) is 0 Å². The van der Waals surface area contributed by atoms with Gasteiger partial charge in [0.2, 0.25) is 5.91 Å². The third-order valence-corrected chi connectivity index (χ3v) is 4.12. The molecule has 1 amide bonds. The summed E-state index contributed by atoms with van der Waals surface area (Å²) in [5.74, 6) is 0.988. The van der Waals surface area contributed by atoms with Crippen LogP contribution in [0.2, 0.25) is 10.0 Å². The Morgan fingerprint density at radius 3 is 2.81 bits per heavy atom. The molecule has 0 N–H and O–H groups in total. The van der Waals surface area contributed by atoms with Crippen LogP contribution in [0.15, 0.2) is 12.3 Å². The summed E-state index contributed by atoms with van der Waals surface area (Å²) in [6, 6.07) is 1.62. The van der Waals surface area contributed by atoms with Gasteiger partial charge in [0.05, 0.1) is 10.0 Å². The molecule has 1 aromatic heterocycles. The molecule has 0 radical (unpaired) electrons. The molecule has 1 atom stereocenters. The van der Waals surface area contributed by atoms with E-state index >= 15 is 0 Å². The van der Waals surface area contributed by atoms with Crippen LogP contribution in [0.5, 0.6) is 0 Å². The van der Waals surface area contributed by atoms with Gasteiger partial charge in [0.1, 0.15) is 5.82 Å². The van der Waals surface area contributed by atoms with Crippen molar-refractivity contribution < 1.29 is 4.79 Å². The van der Waals surface area contributed by atoms with E-state index in [-0.39, 0.29) is 5.91 Å².